The molecule has 10 heteroatoms. The summed E-state index contributed by atoms with van der Waals surface area (Å²) in [5, 5.41) is 5.27. The normalized spacial score (nSPS) is 19.3. The van der Waals surface area contributed by atoms with Crippen LogP contribution in [-0.2, 0) is 9.84 Å². The van der Waals surface area contributed by atoms with Gasteiger partial charge in [-0.3, -0.25) is 4.99 Å². The number of guanidine groups is 1. The van der Waals surface area contributed by atoms with E-state index in [9.17, 15) is 8.42 Å². The molecule has 0 radical (unpaired) electrons. The molecule has 1 aliphatic rings. The van der Waals surface area contributed by atoms with E-state index in [1.807, 2.05) is 18.5 Å². The van der Waals surface area contributed by atoms with Gasteiger partial charge in [-0.2, -0.15) is 0 Å². The summed E-state index contributed by atoms with van der Waals surface area (Å²) >= 11 is 3.41. The van der Waals surface area contributed by atoms with E-state index in [4.69, 9.17) is 0 Å². The van der Waals surface area contributed by atoms with Crippen molar-refractivity contribution in [1.82, 2.24) is 15.2 Å². The van der Waals surface area contributed by atoms with Crippen molar-refractivity contribution in [2.45, 2.75) is 36.3 Å². The Labute approximate surface area is 176 Å². The molecule has 1 aromatic heterocycles. The number of aliphatic imine (C=N–C) groups is 1. The van der Waals surface area contributed by atoms with Gasteiger partial charge in [-0.25, -0.2) is 13.4 Å². The quantitative estimate of drug-likeness (QED) is 0.205. The van der Waals surface area contributed by atoms with Crippen molar-refractivity contribution in [3.8, 4) is 0 Å². The Morgan fingerprint density at radius 3 is 2.88 bits per heavy atom. The third kappa shape index (κ3) is 6.55. The fourth-order valence-electron chi connectivity index (χ4n) is 2.44. The lowest BCUT2D eigenvalue weighted by atomic mass is 10.2. The van der Waals surface area contributed by atoms with Crippen LogP contribution in [0.15, 0.2) is 20.9 Å². The SMILES string of the molecule is CCNC(=NCCCSc1nccs1)N1CCS(=O)(=O)C(C)(C)C1.I. The van der Waals surface area contributed by atoms with Crippen LogP contribution in [-0.4, -0.2) is 66.7 Å². The first kappa shape index (κ1) is 23.0. The number of thioether (sulfide) groups is 1. The summed E-state index contributed by atoms with van der Waals surface area (Å²) in [5.41, 5.74) is 0. The molecule has 0 aromatic carbocycles. The second-order valence-electron chi connectivity index (χ2n) is 6.24. The van der Waals surface area contributed by atoms with E-state index < -0.39 is 14.6 Å². The number of sulfone groups is 1. The number of nitrogens with one attached hydrogen (secondary N) is 1. The molecule has 1 aromatic rings. The van der Waals surface area contributed by atoms with Crippen LogP contribution in [0.4, 0.5) is 0 Å². The van der Waals surface area contributed by atoms with E-state index in [1.54, 1.807) is 36.9 Å². The number of halogens is 1. The summed E-state index contributed by atoms with van der Waals surface area (Å²) in [4.78, 5) is 11.0. The Balaban J connectivity index is 0.00000312. The van der Waals surface area contributed by atoms with Gasteiger partial charge in [0.15, 0.2) is 15.8 Å². The van der Waals surface area contributed by atoms with Gasteiger partial charge in [-0.1, -0.05) is 11.8 Å². The molecular weight excluding hydrogens is 491 g/mol. The summed E-state index contributed by atoms with van der Waals surface area (Å²) in [6.45, 7) is 8.10. The van der Waals surface area contributed by atoms with Gasteiger partial charge >= 0.3 is 0 Å². The van der Waals surface area contributed by atoms with Gasteiger partial charge in [0.1, 0.15) is 4.34 Å². The molecule has 0 spiro atoms. The van der Waals surface area contributed by atoms with Crippen LogP contribution >= 0.6 is 47.1 Å². The monoisotopic (exact) mass is 518 g/mol. The highest BCUT2D eigenvalue weighted by Gasteiger charge is 2.40. The van der Waals surface area contributed by atoms with Crippen molar-refractivity contribution in [2.24, 2.45) is 4.99 Å². The number of nitrogens with zero attached hydrogens (tertiary/aromatic N) is 3. The van der Waals surface area contributed by atoms with Gasteiger partial charge in [0.25, 0.3) is 0 Å². The smallest absolute Gasteiger partial charge is 0.193 e. The van der Waals surface area contributed by atoms with Crippen molar-refractivity contribution in [3.63, 3.8) is 0 Å². The second-order valence-corrected chi connectivity index (χ2v) is 11.2. The predicted molar refractivity (Wildman–Crippen MR) is 118 cm³/mol. The molecule has 6 nitrogen and oxygen atoms in total. The minimum Gasteiger partial charge on any atom is -0.357 e. The highest BCUT2D eigenvalue weighted by atomic mass is 127. The Hall–Kier alpha value is -0.0700. The average Bonchev–Trinajstić information content (AvgIpc) is 3.02. The molecule has 1 saturated heterocycles. The summed E-state index contributed by atoms with van der Waals surface area (Å²) in [7, 11) is -3.03. The summed E-state index contributed by atoms with van der Waals surface area (Å²) in [6.07, 6.45) is 2.79. The first-order valence-electron chi connectivity index (χ1n) is 8.13. The maximum Gasteiger partial charge on any atom is 0.193 e. The predicted octanol–water partition coefficient (Wildman–Crippen LogP) is 2.72. The number of aromatic nitrogens is 1. The lowest BCUT2D eigenvalue weighted by molar-refractivity contribution is 0.353. The van der Waals surface area contributed by atoms with Crippen LogP contribution < -0.4 is 5.32 Å². The fraction of sp³-hybridized carbons (Fsp3) is 0.733. The van der Waals surface area contributed by atoms with Gasteiger partial charge in [0.05, 0.1) is 10.5 Å². The van der Waals surface area contributed by atoms with Crippen molar-refractivity contribution in [3.05, 3.63) is 11.6 Å². The lowest BCUT2D eigenvalue weighted by Gasteiger charge is -2.39. The zero-order valence-electron chi connectivity index (χ0n) is 14.9. The van der Waals surface area contributed by atoms with Crippen LogP contribution in [0.25, 0.3) is 0 Å². The molecule has 2 heterocycles. The first-order valence-corrected chi connectivity index (χ1v) is 11.7. The summed E-state index contributed by atoms with van der Waals surface area (Å²) < 4.78 is 24.7. The average molecular weight is 519 g/mol. The van der Waals surface area contributed by atoms with Crippen LogP contribution in [0, 0.1) is 0 Å². The largest absolute Gasteiger partial charge is 0.357 e. The fourth-order valence-corrected chi connectivity index (χ4v) is 5.44. The molecular formula is C15H27IN4O2S3. The molecule has 1 N–H and O–H groups in total. The van der Waals surface area contributed by atoms with Crippen molar-refractivity contribution < 1.29 is 8.42 Å². The Morgan fingerprint density at radius 1 is 1.52 bits per heavy atom. The summed E-state index contributed by atoms with van der Waals surface area (Å²) in [5.74, 6) is 1.99. The number of rotatable bonds is 6. The van der Waals surface area contributed by atoms with Crippen LogP contribution in [0.5, 0.6) is 0 Å². The Bertz CT molecular complexity index is 648. The van der Waals surface area contributed by atoms with Gasteiger partial charge in [0, 0.05) is 43.5 Å². The van der Waals surface area contributed by atoms with Crippen molar-refractivity contribution in [1.29, 1.82) is 0 Å². The highest BCUT2D eigenvalue weighted by Crippen LogP contribution is 2.24. The van der Waals surface area contributed by atoms with Gasteiger partial charge in [-0.05, 0) is 27.2 Å². The van der Waals surface area contributed by atoms with E-state index in [-0.39, 0.29) is 29.7 Å². The zero-order valence-corrected chi connectivity index (χ0v) is 19.7. The minimum absolute atomic E-state index is 0. The number of thiazole rings is 1. The molecule has 0 bridgehead atoms. The van der Waals surface area contributed by atoms with E-state index in [0.29, 0.717) is 13.1 Å². The maximum atomic E-state index is 12.1. The molecule has 1 aliphatic heterocycles. The first-order chi connectivity index (χ1) is 11.4. The van der Waals surface area contributed by atoms with E-state index in [2.05, 4.69) is 20.2 Å². The lowest BCUT2D eigenvalue weighted by Crippen LogP contribution is -2.57. The topological polar surface area (TPSA) is 74.7 Å². The van der Waals surface area contributed by atoms with E-state index in [1.165, 1.54) is 0 Å². The molecule has 0 atom stereocenters. The second kappa shape index (κ2) is 10.3. The molecule has 1 fully saturated rings. The van der Waals surface area contributed by atoms with E-state index in [0.717, 1.165) is 35.6 Å². The minimum atomic E-state index is -3.03. The van der Waals surface area contributed by atoms with Crippen LogP contribution in [0.1, 0.15) is 27.2 Å². The number of hydrogen-bond donors (Lipinski definition) is 1. The maximum absolute atomic E-state index is 12.1. The molecule has 2 rings (SSSR count). The molecule has 0 amide bonds. The van der Waals surface area contributed by atoms with E-state index >= 15 is 0 Å². The summed E-state index contributed by atoms with van der Waals surface area (Å²) in [6, 6.07) is 0. The zero-order chi connectivity index (χ0) is 17.6. The molecule has 0 saturated carbocycles. The Morgan fingerprint density at radius 2 is 2.28 bits per heavy atom. The van der Waals surface area contributed by atoms with Crippen LogP contribution in [0.3, 0.4) is 0 Å². The molecule has 0 unspecified atom stereocenters. The van der Waals surface area contributed by atoms with Gasteiger partial charge in [0.2, 0.25) is 0 Å². The molecule has 0 aliphatic carbocycles. The number of hydrogen-bond acceptors (Lipinski definition) is 6. The van der Waals surface area contributed by atoms with Gasteiger partial charge in [-0.15, -0.1) is 35.3 Å². The third-order valence-corrected chi connectivity index (χ3v) is 8.46. The highest BCUT2D eigenvalue weighted by molar-refractivity contribution is 14.0. The van der Waals surface area contributed by atoms with Crippen LogP contribution in [0.2, 0.25) is 0 Å². The van der Waals surface area contributed by atoms with Gasteiger partial charge < -0.3 is 10.2 Å². The van der Waals surface area contributed by atoms with Crippen molar-refractivity contribution in [2.75, 3.05) is 37.7 Å². The molecule has 144 valence electrons. The molecule has 25 heavy (non-hydrogen) atoms. The van der Waals surface area contributed by atoms with Crippen molar-refractivity contribution >= 4 is 62.9 Å². The Kier molecular flexibility index (Phi) is 9.47. The third-order valence-electron chi connectivity index (χ3n) is 3.88. The standard InChI is InChI=1S/C15H26N4O2S3.HI/c1-4-16-13(17-6-5-9-22-14-18-7-10-23-14)19-8-11-24(20,21)15(2,3)12-19;/h7,10H,4-6,8-9,11-12H2,1-3H3,(H,16,17);1H.